The summed E-state index contributed by atoms with van der Waals surface area (Å²) in [5.74, 6) is 0. The first-order chi connectivity index (χ1) is 11.2. The summed E-state index contributed by atoms with van der Waals surface area (Å²) in [4.78, 5) is 20.5. The van der Waals surface area contributed by atoms with Crippen LogP contribution in [-0.4, -0.2) is 42.1 Å². The summed E-state index contributed by atoms with van der Waals surface area (Å²) in [7, 11) is 0. The topological polar surface area (TPSA) is 48.5 Å². The van der Waals surface area contributed by atoms with E-state index in [2.05, 4.69) is 46.4 Å². The number of benzene rings is 1. The van der Waals surface area contributed by atoms with E-state index in [0.29, 0.717) is 6.54 Å². The van der Waals surface area contributed by atoms with Gasteiger partial charge in [0.25, 0.3) is 0 Å². The van der Waals surface area contributed by atoms with Crippen molar-refractivity contribution in [2.24, 2.45) is 0 Å². The third-order valence-electron chi connectivity index (χ3n) is 4.10. The first-order valence-corrected chi connectivity index (χ1v) is 7.96. The van der Waals surface area contributed by atoms with Crippen LogP contribution in [0.5, 0.6) is 0 Å². The lowest BCUT2D eigenvalue weighted by Gasteiger charge is -2.36. The molecule has 0 unspecified atom stereocenters. The van der Waals surface area contributed by atoms with Gasteiger partial charge in [0, 0.05) is 50.8 Å². The van der Waals surface area contributed by atoms with Gasteiger partial charge in [0.05, 0.1) is 0 Å². The molecule has 0 aliphatic carbocycles. The third-order valence-corrected chi connectivity index (χ3v) is 4.10. The molecule has 1 aliphatic rings. The molecule has 3 rings (SSSR count). The minimum Gasteiger partial charge on any atom is -0.368 e. The molecule has 0 atom stereocenters. The van der Waals surface area contributed by atoms with E-state index in [1.165, 1.54) is 11.3 Å². The molecule has 1 fully saturated rings. The van der Waals surface area contributed by atoms with Crippen LogP contribution in [-0.2, 0) is 6.54 Å². The lowest BCUT2D eigenvalue weighted by molar-refractivity contribution is 0.194. The van der Waals surface area contributed by atoms with Crippen molar-refractivity contribution >= 4 is 11.7 Å². The number of anilines is 1. The van der Waals surface area contributed by atoms with Crippen LogP contribution >= 0.6 is 0 Å². The predicted molar refractivity (Wildman–Crippen MR) is 91.4 cm³/mol. The quantitative estimate of drug-likeness (QED) is 0.947. The summed E-state index contributed by atoms with van der Waals surface area (Å²) in [6.07, 6.45) is 3.51. The van der Waals surface area contributed by atoms with E-state index in [1.54, 1.807) is 12.4 Å². The second-order valence-electron chi connectivity index (χ2n) is 5.83. The Hall–Kier alpha value is -2.56. The van der Waals surface area contributed by atoms with Crippen LogP contribution in [0, 0.1) is 6.92 Å². The van der Waals surface area contributed by atoms with Gasteiger partial charge in [0.15, 0.2) is 0 Å². The van der Waals surface area contributed by atoms with Crippen molar-refractivity contribution in [3.63, 3.8) is 0 Å². The van der Waals surface area contributed by atoms with E-state index in [-0.39, 0.29) is 6.03 Å². The summed E-state index contributed by atoms with van der Waals surface area (Å²) in [5.41, 5.74) is 3.51. The van der Waals surface area contributed by atoms with Crippen molar-refractivity contribution in [3.8, 4) is 0 Å². The number of hydrogen-bond acceptors (Lipinski definition) is 3. The zero-order valence-corrected chi connectivity index (χ0v) is 13.4. The first-order valence-electron chi connectivity index (χ1n) is 7.96. The standard InChI is InChI=1S/C18H22N4O/c1-15-4-2-6-17(12-15)21-8-10-22(11-9-21)18(23)20-14-16-5-3-7-19-13-16/h2-7,12-13H,8-11,14H2,1H3,(H,20,23). The van der Waals surface area contributed by atoms with Gasteiger partial charge >= 0.3 is 6.03 Å². The maximum absolute atomic E-state index is 12.2. The van der Waals surface area contributed by atoms with Crippen molar-refractivity contribution in [3.05, 3.63) is 59.9 Å². The van der Waals surface area contributed by atoms with Crippen LogP contribution in [0.2, 0.25) is 0 Å². The van der Waals surface area contributed by atoms with Crippen molar-refractivity contribution < 1.29 is 4.79 Å². The largest absolute Gasteiger partial charge is 0.368 e. The Morgan fingerprint density at radius 3 is 2.70 bits per heavy atom. The SMILES string of the molecule is Cc1cccc(N2CCN(C(=O)NCc3cccnc3)CC2)c1. The molecule has 1 N–H and O–H groups in total. The number of hydrogen-bond donors (Lipinski definition) is 1. The number of nitrogens with one attached hydrogen (secondary N) is 1. The fraction of sp³-hybridized carbons (Fsp3) is 0.333. The molecule has 2 aromatic rings. The predicted octanol–water partition coefficient (Wildman–Crippen LogP) is 2.42. The zero-order valence-electron chi connectivity index (χ0n) is 13.4. The van der Waals surface area contributed by atoms with Crippen molar-refractivity contribution in [2.75, 3.05) is 31.1 Å². The number of urea groups is 1. The zero-order chi connectivity index (χ0) is 16.1. The van der Waals surface area contributed by atoms with E-state index in [1.807, 2.05) is 17.0 Å². The Morgan fingerprint density at radius 2 is 2.00 bits per heavy atom. The summed E-state index contributed by atoms with van der Waals surface area (Å²) in [6, 6.07) is 12.3. The molecule has 0 bridgehead atoms. The van der Waals surface area contributed by atoms with Crippen LogP contribution in [0.15, 0.2) is 48.8 Å². The molecule has 23 heavy (non-hydrogen) atoms. The van der Waals surface area contributed by atoms with Gasteiger partial charge in [-0.1, -0.05) is 18.2 Å². The normalized spacial score (nSPS) is 14.7. The average molecular weight is 310 g/mol. The van der Waals surface area contributed by atoms with Crippen LogP contribution < -0.4 is 10.2 Å². The van der Waals surface area contributed by atoms with Gasteiger partial charge in [-0.15, -0.1) is 0 Å². The molecule has 1 aromatic carbocycles. The van der Waals surface area contributed by atoms with E-state index >= 15 is 0 Å². The second kappa shape index (κ2) is 7.13. The van der Waals surface area contributed by atoms with Gasteiger partial charge in [-0.25, -0.2) is 4.79 Å². The number of carbonyl (C=O) groups excluding carboxylic acids is 1. The number of amides is 2. The highest BCUT2D eigenvalue weighted by molar-refractivity contribution is 5.74. The molecular formula is C18H22N4O. The minimum absolute atomic E-state index is 0.00209. The Morgan fingerprint density at radius 1 is 1.17 bits per heavy atom. The Labute approximate surface area is 136 Å². The highest BCUT2D eigenvalue weighted by Crippen LogP contribution is 2.17. The van der Waals surface area contributed by atoms with Crippen LogP contribution in [0.1, 0.15) is 11.1 Å². The van der Waals surface area contributed by atoms with Gasteiger partial charge in [0.1, 0.15) is 0 Å². The summed E-state index contributed by atoms with van der Waals surface area (Å²) < 4.78 is 0. The van der Waals surface area contributed by atoms with E-state index in [4.69, 9.17) is 0 Å². The monoisotopic (exact) mass is 310 g/mol. The number of nitrogens with zero attached hydrogens (tertiary/aromatic N) is 3. The molecular weight excluding hydrogens is 288 g/mol. The first kappa shape index (κ1) is 15.3. The van der Waals surface area contributed by atoms with Gasteiger partial charge in [-0.05, 0) is 36.2 Å². The number of piperazine rings is 1. The van der Waals surface area contributed by atoms with E-state index < -0.39 is 0 Å². The molecule has 120 valence electrons. The average Bonchev–Trinajstić information content (AvgIpc) is 2.61. The van der Waals surface area contributed by atoms with Crippen LogP contribution in [0.3, 0.4) is 0 Å². The van der Waals surface area contributed by atoms with E-state index in [0.717, 1.165) is 31.7 Å². The number of rotatable bonds is 3. The molecule has 1 saturated heterocycles. The fourth-order valence-electron chi connectivity index (χ4n) is 2.78. The lowest BCUT2D eigenvalue weighted by Crippen LogP contribution is -2.51. The summed E-state index contributed by atoms with van der Waals surface area (Å²) >= 11 is 0. The second-order valence-corrected chi connectivity index (χ2v) is 5.83. The number of aryl methyl sites for hydroxylation is 1. The van der Waals surface area contributed by atoms with Crippen molar-refractivity contribution in [1.82, 2.24) is 15.2 Å². The molecule has 1 aliphatic heterocycles. The Balaban J connectivity index is 1.49. The molecule has 5 heteroatoms. The summed E-state index contributed by atoms with van der Waals surface area (Å²) in [5, 5.41) is 2.96. The molecule has 1 aromatic heterocycles. The smallest absolute Gasteiger partial charge is 0.317 e. The molecule has 0 radical (unpaired) electrons. The minimum atomic E-state index is -0.00209. The highest BCUT2D eigenvalue weighted by atomic mass is 16.2. The number of pyridine rings is 1. The maximum atomic E-state index is 12.2. The Bertz CT molecular complexity index is 651. The van der Waals surface area contributed by atoms with Gasteiger partial charge in [0.2, 0.25) is 0 Å². The molecule has 2 heterocycles. The molecule has 5 nitrogen and oxygen atoms in total. The maximum Gasteiger partial charge on any atom is 0.317 e. The number of aromatic nitrogens is 1. The van der Waals surface area contributed by atoms with Gasteiger partial charge < -0.3 is 15.1 Å². The fourth-order valence-corrected chi connectivity index (χ4v) is 2.78. The molecule has 2 amide bonds. The van der Waals surface area contributed by atoms with Crippen molar-refractivity contribution in [2.45, 2.75) is 13.5 Å². The lowest BCUT2D eigenvalue weighted by atomic mass is 10.2. The van der Waals surface area contributed by atoms with E-state index in [9.17, 15) is 4.79 Å². The van der Waals surface area contributed by atoms with Crippen LogP contribution in [0.25, 0.3) is 0 Å². The van der Waals surface area contributed by atoms with Gasteiger partial charge in [-0.2, -0.15) is 0 Å². The number of carbonyl (C=O) groups is 1. The van der Waals surface area contributed by atoms with Gasteiger partial charge in [-0.3, -0.25) is 4.98 Å². The highest BCUT2D eigenvalue weighted by Gasteiger charge is 2.21. The Kier molecular flexibility index (Phi) is 4.76. The molecule has 0 saturated carbocycles. The summed E-state index contributed by atoms with van der Waals surface area (Å²) in [6.45, 7) is 5.84. The molecule has 0 spiro atoms. The third kappa shape index (κ3) is 4.00. The van der Waals surface area contributed by atoms with Crippen LogP contribution in [0.4, 0.5) is 10.5 Å². The van der Waals surface area contributed by atoms with Crippen molar-refractivity contribution in [1.29, 1.82) is 0 Å².